The molecule has 0 aliphatic carbocycles. The molecule has 0 aliphatic rings. The summed E-state index contributed by atoms with van der Waals surface area (Å²) >= 11 is 4.99. The fourth-order valence-electron chi connectivity index (χ4n) is 2.24. The van der Waals surface area contributed by atoms with E-state index in [0.29, 0.717) is 28.7 Å². The van der Waals surface area contributed by atoms with Crippen LogP contribution in [0.3, 0.4) is 0 Å². The molecule has 0 aromatic heterocycles. The number of hydrogen-bond donors (Lipinski definition) is 2. The largest absolute Gasteiger partial charge is 0.389 e. The van der Waals surface area contributed by atoms with E-state index >= 15 is 0 Å². The fraction of sp³-hybridized carbons (Fsp3) is 0.500. The highest BCUT2D eigenvalue weighted by Gasteiger charge is 2.10. The minimum atomic E-state index is -0.00138. The topological polar surface area (TPSA) is 58.4 Å². The molecular weight excluding hydrogens is 282 g/mol. The maximum Gasteiger partial charge on any atom is 0.224 e. The van der Waals surface area contributed by atoms with Crippen LogP contribution in [0.1, 0.15) is 39.2 Å². The Hall–Kier alpha value is -1.46. The summed E-state index contributed by atoms with van der Waals surface area (Å²) in [5.74, 6) is -0.00138. The van der Waals surface area contributed by atoms with Crippen LogP contribution in [0.25, 0.3) is 0 Å². The molecule has 0 radical (unpaired) electrons. The van der Waals surface area contributed by atoms with E-state index < -0.39 is 0 Å². The Morgan fingerprint density at radius 3 is 2.62 bits per heavy atom. The number of nitrogens with one attached hydrogen (secondary N) is 1. The summed E-state index contributed by atoms with van der Waals surface area (Å²) in [6.45, 7) is 8.41. The molecule has 0 saturated heterocycles. The lowest BCUT2D eigenvalue weighted by Crippen LogP contribution is -2.32. The van der Waals surface area contributed by atoms with E-state index in [4.69, 9.17) is 18.0 Å². The standard InChI is InChI=1S/C16H25N3OS/c1-4-19(12(2)3)11-7-10-15(20)18-14-9-6-5-8-13(14)16(17)21/h5-6,8-9,12H,4,7,10-11H2,1-3H3,(H2,17,21)(H,18,20). The van der Waals surface area contributed by atoms with Crippen molar-refractivity contribution in [2.45, 2.75) is 39.7 Å². The minimum Gasteiger partial charge on any atom is -0.389 e. The van der Waals surface area contributed by atoms with Gasteiger partial charge in [-0.2, -0.15) is 0 Å². The first-order valence-electron chi connectivity index (χ1n) is 7.38. The Balaban J connectivity index is 2.50. The smallest absolute Gasteiger partial charge is 0.224 e. The molecule has 21 heavy (non-hydrogen) atoms. The number of nitrogens with two attached hydrogens (primary N) is 1. The molecule has 5 heteroatoms. The van der Waals surface area contributed by atoms with Gasteiger partial charge >= 0.3 is 0 Å². The number of carbonyl (C=O) groups is 1. The normalized spacial score (nSPS) is 10.9. The molecule has 1 aromatic carbocycles. The van der Waals surface area contributed by atoms with Crippen molar-refractivity contribution < 1.29 is 4.79 Å². The Morgan fingerprint density at radius 2 is 2.05 bits per heavy atom. The van der Waals surface area contributed by atoms with Crippen LogP contribution in [0.5, 0.6) is 0 Å². The van der Waals surface area contributed by atoms with Crippen molar-refractivity contribution in [1.82, 2.24) is 4.90 Å². The monoisotopic (exact) mass is 307 g/mol. The molecule has 3 N–H and O–H groups in total. The first kappa shape index (κ1) is 17.6. The second-order valence-electron chi connectivity index (χ2n) is 5.28. The van der Waals surface area contributed by atoms with Gasteiger partial charge in [0.2, 0.25) is 5.91 Å². The zero-order valence-electron chi connectivity index (χ0n) is 13.1. The molecule has 0 aliphatic heterocycles. The van der Waals surface area contributed by atoms with Gasteiger partial charge in [-0.1, -0.05) is 31.3 Å². The molecular formula is C16H25N3OS. The molecule has 0 saturated carbocycles. The zero-order chi connectivity index (χ0) is 15.8. The molecule has 0 fully saturated rings. The number of anilines is 1. The summed E-state index contributed by atoms with van der Waals surface area (Å²) in [4.78, 5) is 14.7. The summed E-state index contributed by atoms with van der Waals surface area (Å²) in [7, 11) is 0. The van der Waals surface area contributed by atoms with Crippen LogP contribution in [0.4, 0.5) is 5.69 Å². The highest BCUT2D eigenvalue weighted by Crippen LogP contribution is 2.15. The number of thiocarbonyl (C=S) groups is 1. The predicted molar refractivity (Wildman–Crippen MR) is 92.6 cm³/mol. The predicted octanol–water partition coefficient (Wildman–Crippen LogP) is 2.77. The number of nitrogens with zero attached hydrogens (tertiary/aromatic N) is 1. The van der Waals surface area contributed by atoms with E-state index in [1.165, 1.54) is 0 Å². The van der Waals surface area contributed by atoms with Crippen LogP contribution in [0, 0.1) is 0 Å². The molecule has 0 bridgehead atoms. The summed E-state index contributed by atoms with van der Waals surface area (Å²) in [5, 5.41) is 2.89. The van der Waals surface area contributed by atoms with Gasteiger partial charge in [0.15, 0.2) is 0 Å². The second kappa shape index (κ2) is 8.74. The van der Waals surface area contributed by atoms with Gasteiger partial charge < -0.3 is 16.0 Å². The number of carbonyl (C=O) groups excluding carboxylic acids is 1. The van der Waals surface area contributed by atoms with Crippen LogP contribution < -0.4 is 11.1 Å². The molecule has 1 amide bonds. The first-order valence-corrected chi connectivity index (χ1v) is 7.79. The van der Waals surface area contributed by atoms with Crippen LogP contribution in [-0.2, 0) is 4.79 Å². The maximum atomic E-state index is 12.0. The van der Waals surface area contributed by atoms with E-state index in [1.54, 1.807) is 0 Å². The lowest BCUT2D eigenvalue weighted by atomic mass is 10.1. The Kier molecular flexibility index (Phi) is 7.32. The summed E-state index contributed by atoms with van der Waals surface area (Å²) in [6.07, 6.45) is 1.34. The molecule has 1 rings (SSSR count). The zero-order valence-corrected chi connectivity index (χ0v) is 13.9. The number of para-hydroxylation sites is 1. The van der Waals surface area contributed by atoms with Gasteiger partial charge in [0.25, 0.3) is 0 Å². The second-order valence-corrected chi connectivity index (χ2v) is 5.72. The summed E-state index contributed by atoms with van der Waals surface area (Å²) < 4.78 is 0. The van der Waals surface area contributed by atoms with Crippen molar-refractivity contribution in [3.63, 3.8) is 0 Å². The molecule has 0 atom stereocenters. The van der Waals surface area contributed by atoms with Crippen LogP contribution >= 0.6 is 12.2 Å². The molecule has 0 spiro atoms. The minimum absolute atomic E-state index is 0.00138. The first-order chi connectivity index (χ1) is 9.95. The van der Waals surface area contributed by atoms with E-state index in [2.05, 4.69) is 31.0 Å². The highest BCUT2D eigenvalue weighted by atomic mass is 32.1. The summed E-state index contributed by atoms with van der Waals surface area (Å²) in [5.41, 5.74) is 7.05. The van der Waals surface area contributed by atoms with Gasteiger partial charge in [-0.05, 0) is 45.5 Å². The molecule has 116 valence electrons. The van der Waals surface area contributed by atoms with Gasteiger partial charge in [0.1, 0.15) is 4.99 Å². The quantitative estimate of drug-likeness (QED) is 0.725. The van der Waals surface area contributed by atoms with E-state index in [9.17, 15) is 4.79 Å². The Morgan fingerprint density at radius 1 is 1.38 bits per heavy atom. The fourth-order valence-corrected chi connectivity index (χ4v) is 2.42. The average Bonchev–Trinajstić information content (AvgIpc) is 2.43. The number of amides is 1. The molecule has 0 unspecified atom stereocenters. The SMILES string of the molecule is CCN(CCCC(=O)Nc1ccccc1C(N)=S)C(C)C. The third-order valence-corrected chi connectivity index (χ3v) is 3.67. The van der Waals surface area contributed by atoms with Crippen molar-refractivity contribution in [1.29, 1.82) is 0 Å². The van der Waals surface area contributed by atoms with Crippen LogP contribution in [-0.4, -0.2) is 34.9 Å². The Labute approximate surface area is 132 Å². The molecule has 0 heterocycles. The highest BCUT2D eigenvalue weighted by molar-refractivity contribution is 7.80. The van der Waals surface area contributed by atoms with Crippen LogP contribution in [0.15, 0.2) is 24.3 Å². The van der Waals surface area contributed by atoms with Gasteiger partial charge in [-0.15, -0.1) is 0 Å². The molecule has 1 aromatic rings. The lowest BCUT2D eigenvalue weighted by molar-refractivity contribution is -0.116. The van der Waals surface area contributed by atoms with Gasteiger partial charge in [0, 0.05) is 18.0 Å². The van der Waals surface area contributed by atoms with Gasteiger partial charge in [0.05, 0.1) is 5.69 Å². The summed E-state index contributed by atoms with van der Waals surface area (Å²) in [6, 6.07) is 7.85. The van der Waals surface area contributed by atoms with Crippen LogP contribution in [0.2, 0.25) is 0 Å². The van der Waals surface area contributed by atoms with E-state index in [-0.39, 0.29) is 5.91 Å². The number of hydrogen-bond acceptors (Lipinski definition) is 3. The van der Waals surface area contributed by atoms with Crippen molar-refractivity contribution >= 4 is 28.8 Å². The lowest BCUT2D eigenvalue weighted by Gasteiger charge is -2.24. The third-order valence-electron chi connectivity index (χ3n) is 3.45. The van der Waals surface area contributed by atoms with Gasteiger partial charge in [-0.25, -0.2) is 0 Å². The van der Waals surface area contributed by atoms with Crippen molar-refractivity contribution in [2.75, 3.05) is 18.4 Å². The Bertz CT molecular complexity index is 488. The number of benzene rings is 1. The van der Waals surface area contributed by atoms with Crippen molar-refractivity contribution in [3.05, 3.63) is 29.8 Å². The van der Waals surface area contributed by atoms with Gasteiger partial charge in [-0.3, -0.25) is 4.79 Å². The third kappa shape index (κ3) is 5.81. The van der Waals surface area contributed by atoms with E-state index in [1.807, 2.05) is 24.3 Å². The molecule has 4 nitrogen and oxygen atoms in total. The number of rotatable bonds is 8. The van der Waals surface area contributed by atoms with Crippen molar-refractivity contribution in [2.24, 2.45) is 5.73 Å². The average molecular weight is 307 g/mol. The van der Waals surface area contributed by atoms with Crippen molar-refractivity contribution in [3.8, 4) is 0 Å². The maximum absolute atomic E-state index is 12.0. The van der Waals surface area contributed by atoms with E-state index in [0.717, 1.165) is 19.5 Å².